The summed E-state index contributed by atoms with van der Waals surface area (Å²) < 4.78 is 32.7. The van der Waals surface area contributed by atoms with Crippen LogP contribution in [0.25, 0.3) is 0 Å². The maximum Gasteiger partial charge on any atom is 0.241 e. The van der Waals surface area contributed by atoms with E-state index in [-0.39, 0.29) is 12.5 Å². The fraction of sp³-hybridized carbons (Fsp3) is 0.333. The van der Waals surface area contributed by atoms with Crippen LogP contribution < -0.4 is 15.4 Å². The van der Waals surface area contributed by atoms with Gasteiger partial charge < -0.3 is 15.4 Å². The quantitative estimate of drug-likeness (QED) is 0.646. The lowest BCUT2D eigenvalue weighted by Gasteiger charge is -2.26. The molecular formula is C21H24ClF2N3O3. The molecule has 30 heavy (non-hydrogen) atoms. The molecular weight excluding hydrogens is 416 g/mol. The highest BCUT2D eigenvalue weighted by molar-refractivity contribution is 6.31. The molecule has 2 aromatic carbocycles. The summed E-state index contributed by atoms with van der Waals surface area (Å²) in [5, 5.41) is 5.50. The second-order valence-electron chi connectivity index (χ2n) is 6.67. The number of anilines is 2. The Bertz CT molecular complexity index is 920. The molecule has 6 nitrogen and oxygen atoms in total. The van der Waals surface area contributed by atoms with E-state index in [0.717, 1.165) is 17.7 Å². The van der Waals surface area contributed by atoms with Gasteiger partial charge in [0.05, 0.1) is 25.4 Å². The van der Waals surface area contributed by atoms with Crippen LogP contribution in [0.3, 0.4) is 0 Å². The summed E-state index contributed by atoms with van der Waals surface area (Å²) in [6.07, 6.45) is 0. The number of nitrogens with one attached hydrogen (secondary N) is 2. The van der Waals surface area contributed by atoms with Gasteiger partial charge in [-0.15, -0.1) is 0 Å². The fourth-order valence-corrected chi connectivity index (χ4v) is 2.99. The molecule has 0 saturated heterocycles. The molecule has 9 heteroatoms. The van der Waals surface area contributed by atoms with Crippen molar-refractivity contribution >= 4 is 34.8 Å². The van der Waals surface area contributed by atoms with Crippen LogP contribution in [0.2, 0.25) is 5.02 Å². The number of halogens is 3. The average Bonchev–Trinajstić information content (AvgIpc) is 2.71. The predicted octanol–water partition coefficient (Wildman–Crippen LogP) is 4.22. The number of hydrogen-bond donors (Lipinski definition) is 2. The van der Waals surface area contributed by atoms with Crippen LogP contribution in [-0.4, -0.2) is 43.0 Å². The molecule has 0 saturated carbocycles. The van der Waals surface area contributed by atoms with Gasteiger partial charge in [0.15, 0.2) is 0 Å². The summed E-state index contributed by atoms with van der Waals surface area (Å²) in [6.45, 7) is 5.33. The molecule has 0 radical (unpaired) electrons. The van der Waals surface area contributed by atoms with Gasteiger partial charge in [-0.05, 0) is 44.2 Å². The van der Waals surface area contributed by atoms with Crippen molar-refractivity contribution in [1.29, 1.82) is 0 Å². The molecule has 0 heterocycles. The molecule has 0 spiro atoms. The van der Waals surface area contributed by atoms with Crippen LogP contribution in [-0.2, 0) is 9.59 Å². The summed E-state index contributed by atoms with van der Waals surface area (Å²) in [5.41, 5.74) is 0.696. The lowest BCUT2D eigenvalue weighted by molar-refractivity contribution is -0.123. The smallest absolute Gasteiger partial charge is 0.241 e. The van der Waals surface area contributed by atoms with Crippen molar-refractivity contribution in [2.45, 2.75) is 26.8 Å². The number of aryl methyl sites for hydroxylation is 1. The Balaban J connectivity index is 2.08. The highest BCUT2D eigenvalue weighted by Gasteiger charge is 2.24. The molecule has 1 atom stereocenters. The predicted molar refractivity (Wildman–Crippen MR) is 113 cm³/mol. The number of benzene rings is 2. The first-order chi connectivity index (χ1) is 14.2. The van der Waals surface area contributed by atoms with E-state index in [9.17, 15) is 18.4 Å². The van der Waals surface area contributed by atoms with E-state index >= 15 is 0 Å². The molecule has 0 fully saturated rings. The molecule has 0 bridgehead atoms. The minimum absolute atomic E-state index is 0.227. The van der Waals surface area contributed by atoms with Crippen molar-refractivity contribution in [3.63, 3.8) is 0 Å². The Morgan fingerprint density at radius 2 is 1.83 bits per heavy atom. The Morgan fingerprint density at radius 3 is 2.40 bits per heavy atom. The zero-order valence-corrected chi connectivity index (χ0v) is 17.9. The van der Waals surface area contributed by atoms with Crippen molar-refractivity contribution < 1.29 is 23.1 Å². The number of para-hydroxylation sites is 1. The van der Waals surface area contributed by atoms with Crippen molar-refractivity contribution in [1.82, 2.24) is 4.90 Å². The lowest BCUT2D eigenvalue weighted by Crippen LogP contribution is -2.45. The standard InChI is InChI=1S/C21H24ClF2N3O3/c1-5-27(11-19(28)26-20-15(23)7-6-8-16(20)24)13(3)21(29)25-17-9-12(2)14(22)10-18(17)30-4/h6-10,13H,5,11H2,1-4H3,(H,25,29)(H,26,28). The topological polar surface area (TPSA) is 70.7 Å². The van der Waals surface area contributed by atoms with Gasteiger partial charge in [-0.3, -0.25) is 14.5 Å². The number of likely N-dealkylation sites (N-methyl/N-ethyl adjacent to an activating group) is 1. The van der Waals surface area contributed by atoms with Crippen molar-refractivity contribution in [2.75, 3.05) is 30.8 Å². The summed E-state index contributed by atoms with van der Waals surface area (Å²) >= 11 is 6.08. The second-order valence-corrected chi connectivity index (χ2v) is 7.08. The summed E-state index contributed by atoms with van der Waals surface area (Å²) in [6, 6.07) is 5.90. The number of hydrogen-bond acceptors (Lipinski definition) is 4. The van der Waals surface area contributed by atoms with Gasteiger partial charge in [0, 0.05) is 11.1 Å². The number of rotatable bonds is 8. The first-order valence-corrected chi connectivity index (χ1v) is 9.68. The summed E-state index contributed by atoms with van der Waals surface area (Å²) in [4.78, 5) is 26.6. The zero-order valence-electron chi connectivity index (χ0n) is 17.2. The van der Waals surface area contributed by atoms with E-state index in [0.29, 0.717) is 23.0 Å². The van der Waals surface area contributed by atoms with E-state index in [2.05, 4.69) is 10.6 Å². The average molecular weight is 440 g/mol. The highest BCUT2D eigenvalue weighted by atomic mass is 35.5. The van der Waals surface area contributed by atoms with E-state index in [4.69, 9.17) is 16.3 Å². The number of methoxy groups -OCH3 is 1. The van der Waals surface area contributed by atoms with Crippen molar-refractivity contribution in [3.05, 3.63) is 52.6 Å². The van der Waals surface area contributed by atoms with E-state index < -0.39 is 29.3 Å². The lowest BCUT2D eigenvalue weighted by atomic mass is 10.2. The highest BCUT2D eigenvalue weighted by Crippen LogP contribution is 2.31. The van der Waals surface area contributed by atoms with Gasteiger partial charge >= 0.3 is 0 Å². The van der Waals surface area contributed by atoms with Crippen LogP contribution in [0.4, 0.5) is 20.2 Å². The van der Waals surface area contributed by atoms with E-state index in [1.54, 1.807) is 37.8 Å². The van der Waals surface area contributed by atoms with E-state index in [1.807, 2.05) is 0 Å². The first-order valence-electron chi connectivity index (χ1n) is 9.30. The molecule has 0 aliphatic carbocycles. The molecule has 1 unspecified atom stereocenters. The third-order valence-electron chi connectivity index (χ3n) is 4.65. The van der Waals surface area contributed by atoms with Crippen LogP contribution >= 0.6 is 11.6 Å². The molecule has 162 valence electrons. The van der Waals surface area contributed by atoms with Crippen LogP contribution in [0.15, 0.2) is 30.3 Å². The maximum atomic E-state index is 13.7. The minimum Gasteiger partial charge on any atom is -0.495 e. The number of nitrogens with zero attached hydrogens (tertiary/aromatic N) is 1. The third-order valence-corrected chi connectivity index (χ3v) is 5.05. The summed E-state index contributed by atoms with van der Waals surface area (Å²) in [7, 11) is 1.46. The minimum atomic E-state index is -0.873. The maximum absolute atomic E-state index is 13.7. The normalized spacial score (nSPS) is 11.9. The van der Waals surface area contributed by atoms with Crippen LogP contribution in [0, 0.1) is 18.6 Å². The Hall–Kier alpha value is -2.71. The van der Waals surface area contributed by atoms with E-state index in [1.165, 1.54) is 13.2 Å². The van der Waals surface area contributed by atoms with Crippen LogP contribution in [0.1, 0.15) is 19.4 Å². The molecule has 2 aromatic rings. The second kappa shape index (κ2) is 10.4. The van der Waals surface area contributed by atoms with Gasteiger partial charge in [-0.25, -0.2) is 8.78 Å². The van der Waals surface area contributed by atoms with Crippen molar-refractivity contribution in [3.8, 4) is 5.75 Å². The third kappa shape index (κ3) is 5.67. The van der Waals surface area contributed by atoms with Crippen LogP contribution in [0.5, 0.6) is 5.75 Å². The molecule has 0 aliphatic heterocycles. The van der Waals surface area contributed by atoms with Gasteiger partial charge in [-0.1, -0.05) is 24.6 Å². The van der Waals surface area contributed by atoms with Gasteiger partial charge in [-0.2, -0.15) is 0 Å². The SMILES string of the molecule is CCN(CC(=O)Nc1c(F)cccc1F)C(C)C(=O)Nc1cc(C)c(Cl)cc1OC. The molecule has 2 amide bonds. The molecule has 0 aromatic heterocycles. The Kier molecular flexibility index (Phi) is 8.14. The van der Waals surface area contributed by atoms with Gasteiger partial charge in [0.25, 0.3) is 0 Å². The zero-order chi connectivity index (χ0) is 22.4. The number of carbonyl (C=O) groups excluding carboxylic acids is 2. The molecule has 0 aliphatic rings. The molecule has 2 N–H and O–H groups in total. The van der Waals surface area contributed by atoms with Gasteiger partial charge in [0.2, 0.25) is 11.8 Å². The van der Waals surface area contributed by atoms with Gasteiger partial charge in [0.1, 0.15) is 23.1 Å². The number of amides is 2. The number of carbonyl (C=O) groups is 2. The monoisotopic (exact) mass is 439 g/mol. The fourth-order valence-electron chi connectivity index (χ4n) is 2.84. The Labute approximate surface area is 179 Å². The first kappa shape index (κ1) is 23.6. The largest absolute Gasteiger partial charge is 0.495 e. The molecule has 2 rings (SSSR count). The Morgan fingerprint density at radius 1 is 1.20 bits per heavy atom. The summed E-state index contributed by atoms with van der Waals surface area (Å²) in [5.74, 6) is -2.35. The van der Waals surface area contributed by atoms with Crippen molar-refractivity contribution in [2.24, 2.45) is 0 Å². The number of ether oxygens (including phenoxy) is 1.